The van der Waals surface area contributed by atoms with Gasteiger partial charge in [0.15, 0.2) is 0 Å². The van der Waals surface area contributed by atoms with E-state index in [2.05, 4.69) is 19.2 Å². The van der Waals surface area contributed by atoms with Crippen LogP contribution in [0.4, 0.5) is 0 Å². The van der Waals surface area contributed by atoms with Crippen molar-refractivity contribution in [2.24, 2.45) is 10.8 Å². The lowest BCUT2D eigenvalue weighted by atomic mass is 9.52. The van der Waals surface area contributed by atoms with E-state index in [1.165, 1.54) is 12.8 Å². The quantitative estimate of drug-likeness (QED) is 0.463. The molecule has 0 atom stereocenters. The van der Waals surface area contributed by atoms with E-state index in [1.54, 1.807) is 0 Å². The maximum Gasteiger partial charge on any atom is 0.0188 e. The molecule has 0 aromatic carbocycles. The molecular weight excluding hydrogens is 110 g/mol. The van der Waals surface area contributed by atoms with Gasteiger partial charge in [0.1, 0.15) is 0 Å². The largest absolute Gasteiger partial charge is 0.241 e. The number of hydrogen-bond acceptors (Lipinski definition) is 0. The summed E-state index contributed by atoms with van der Waals surface area (Å²) in [5.74, 6) is 0. The zero-order valence-corrected chi connectivity index (χ0v) is 6.28. The molecule has 3 rings (SSSR count). The van der Waals surface area contributed by atoms with Crippen LogP contribution in [-0.4, -0.2) is 13.1 Å². The molecule has 2 aliphatic heterocycles. The van der Waals surface area contributed by atoms with Gasteiger partial charge in [0, 0.05) is 13.1 Å². The highest BCUT2D eigenvalue weighted by Crippen LogP contribution is 2.56. The molecule has 2 saturated heterocycles. The molecule has 1 nitrogen and oxygen atoms in total. The first-order valence-corrected chi connectivity index (χ1v) is 3.75. The van der Waals surface area contributed by atoms with Gasteiger partial charge in [-0.2, -0.15) is 0 Å². The molecule has 0 aromatic heterocycles. The second kappa shape index (κ2) is 1.34. The first-order chi connectivity index (χ1) is 4.12. The van der Waals surface area contributed by atoms with Crippen molar-refractivity contribution in [1.29, 1.82) is 0 Å². The van der Waals surface area contributed by atoms with Crippen LogP contribution in [0.5, 0.6) is 0 Å². The van der Waals surface area contributed by atoms with E-state index in [4.69, 9.17) is 0 Å². The molecule has 0 N–H and O–H groups in total. The lowest BCUT2D eigenvalue weighted by molar-refractivity contribution is -0.0507. The molecule has 1 aliphatic carbocycles. The van der Waals surface area contributed by atoms with Crippen molar-refractivity contribution in [1.82, 2.24) is 5.32 Å². The molecule has 0 amide bonds. The summed E-state index contributed by atoms with van der Waals surface area (Å²) < 4.78 is 0. The van der Waals surface area contributed by atoms with Gasteiger partial charge < -0.3 is 0 Å². The number of nitrogens with zero attached hydrogens (tertiary/aromatic N) is 1. The Bertz CT molecular complexity index is 120. The molecule has 1 saturated carbocycles. The second-order valence-corrected chi connectivity index (χ2v) is 4.51. The van der Waals surface area contributed by atoms with Crippen molar-refractivity contribution < 1.29 is 0 Å². The maximum atomic E-state index is 4.45. The highest BCUT2D eigenvalue weighted by molar-refractivity contribution is 5.04. The van der Waals surface area contributed by atoms with Gasteiger partial charge in [0.05, 0.1) is 0 Å². The zero-order chi connectivity index (χ0) is 6.54. The van der Waals surface area contributed by atoms with Crippen molar-refractivity contribution >= 4 is 0 Å². The fourth-order valence-corrected chi connectivity index (χ4v) is 2.83. The Morgan fingerprint density at radius 3 is 1.67 bits per heavy atom. The predicted octanol–water partition coefficient (Wildman–Crippen LogP) is 1.41. The minimum Gasteiger partial charge on any atom is -0.241 e. The average Bonchev–Trinajstić information content (AvgIpc) is 1.59. The van der Waals surface area contributed by atoms with E-state index in [9.17, 15) is 0 Å². The van der Waals surface area contributed by atoms with Crippen LogP contribution in [0.2, 0.25) is 0 Å². The average molecular weight is 124 g/mol. The van der Waals surface area contributed by atoms with E-state index >= 15 is 0 Å². The molecular formula is C8H14N. The lowest BCUT2D eigenvalue weighted by Gasteiger charge is -2.57. The molecule has 3 aliphatic rings. The van der Waals surface area contributed by atoms with E-state index in [-0.39, 0.29) is 0 Å². The van der Waals surface area contributed by atoms with Crippen molar-refractivity contribution in [3.8, 4) is 0 Å². The van der Waals surface area contributed by atoms with Crippen LogP contribution in [0, 0.1) is 10.8 Å². The fraction of sp³-hybridized carbons (Fsp3) is 1.00. The van der Waals surface area contributed by atoms with Gasteiger partial charge in [-0.3, -0.25) is 0 Å². The van der Waals surface area contributed by atoms with Crippen LogP contribution in [0.3, 0.4) is 0 Å². The molecule has 3 fully saturated rings. The maximum absolute atomic E-state index is 4.45. The summed E-state index contributed by atoms with van der Waals surface area (Å²) >= 11 is 0. The normalized spacial score (nSPS) is 56.7. The minimum atomic E-state index is 0.618. The van der Waals surface area contributed by atoms with Gasteiger partial charge in [-0.15, -0.1) is 0 Å². The third-order valence-electron chi connectivity index (χ3n) is 2.69. The number of rotatable bonds is 0. The van der Waals surface area contributed by atoms with Crippen molar-refractivity contribution in [3.05, 3.63) is 0 Å². The number of hydrogen-bond donors (Lipinski definition) is 0. The topological polar surface area (TPSA) is 14.1 Å². The summed E-state index contributed by atoms with van der Waals surface area (Å²) in [5.41, 5.74) is 1.24. The summed E-state index contributed by atoms with van der Waals surface area (Å²) in [5, 5.41) is 4.45. The second-order valence-electron chi connectivity index (χ2n) is 4.51. The molecule has 9 heavy (non-hydrogen) atoms. The zero-order valence-electron chi connectivity index (χ0n) is 6.28. The van der Waals surface area contributed by atoms with Crippen LogP contribution in [0.1, 0.15) is 26.7 Å². The van der Waals surface area contributed by atoms with E-state index in [0.29, 0.717) is 10.8 Å². The number of fused-ring (bicyclic) bond motifs is 2. The Morgan fingerprint density at radius 1 is 1.00 bits per heavy atom. The molecule has 2 heterocycles. The summed E-state index contributed by atoms with van der Waals surface area (Å²) in [4.78, 5) is 0. The van der Waals surface area contributed by atoms with Gasteiger partial charge in [0.2, 0.25) is 0 Å². The van der Waals surface area contributed by atoms with Crippen LogP contribution >= 0.6 is 0 Å². The van der Waals surface area contributed by atoms with Crippen LogP contribution < -0.4 is 5.32 Å². The summed E-state index contributed by atoms with van der Waals surface area (Å²) in [7, 11) is 0. The predicted molar refractivity (Wildman–Crippen MR) is 37.3 cm³/mol. The standard InChI is InChI=1S/C8H14N/c1-7-3-8(2,4-7)6-9-5-7/h3-6H2,1-2H3. The molecule has 0 aromatic rings. The van der Waals surface area contributed by atoms with Crippen LogP contribution in [0.15, 0.2) is 0 Å². The van der Waals surface area contributed by atoms with Crippen molar-refractivity contribution in [2.75, 3.05) is 13.1 Å². The number of piperidine rings is 2. The third kappa shape index (κ3) is 0.710. The molecule has 51 valence electrons. The summed E-state index contributed by atoms with van der Waals surface area (Å²) in [6.07, 6.45) is 2.84. The first kappa shape index (κ1) is 5.72. The van der Waals surface area contributed by atoms with Crippen LogP contribution in [-0.2, 0) is 0 Å². The SMILES string of the molecule is CC12C[N]CC(C)(C1)C2. The van der Waals surface area contributed by atoms with Crippen molar-refractivity contribution in [2.45, 2.75) is 26.7 Å². The smallest absolute Gasteiger partial charge is 0.0188 e. The van der Waals surface area contributed by atoms with Gasteiger partial charge in [-0.1, -0.05) is 13.8 Å². The summed E-state index contributed by atoms with van der Waals surface area (Å²) in [6.45, 7) is 6.97. The van der Waals surface area contributed by atoms with E-state index in [0.717, 1.165) is 13.1 Å². The third-order valence-corrected chi connectivity index (χ3v) is 2.69. The molecule has 0 spiro atoms. The van der Waals surface area contributed by atoms with Crippen LogP contribution in [0.25, 0.3) is 0 Å². The highest BCUT2D eigenvalue weighted by atomic mass is 15.0. The highest BCUT2D eigenvalue weighted by Gasteiger charge is 2.51. The Morgan fingerprint density at radius 2 is 1.44 bits per heavy atom. The van der Waals surface area contributed by atoms with Gasteiger partial charge in [0.25, 0.3) is 0 Å². The van der Waals surface area contributed by atoms with Gasteiger partial charge in [-0.25, -0.2) is 5.32 Å². The minimum absolute atomic E-state index is 0.618. The van der Waals surface area contributed by atoms with Crippen molar-refractivity contribution in [3.63, 3.8) is 0 Å². The van der Waals surface area contributed by atoms with Gasteiger partial charge in [-0.05, 0) is 23.7 Å². The molecule has 0 unspecified atom stereocenters. The first-order valence-electron chi connectivity index (χ1n) is 3.75. The molecule has 1 radical (unpaired) electrons. The molecule has 1 heteroatoms. The monoisotopic (exact) mass is 124 g/mol. The Labute approximate surface area is 56.8 Å². The Hall–Kier alpha value is -0.0400. The Kier molecular flexibility index (Phi) is 0.852. The lowest BCUT2D eigenvalue weighted by Crippen LogP contribution is -2.56. The van der Waals surface area contributed by atoms with E-state index < -0.39 is 0 Å². The molecule has 2 bridgehead atoms. The van der Waals surface area contributed by atoms with E-state index in [1.807, 2.05) is 0 Å². The Balaban J connectivity index is 2.12. The van der Waals surface area contributed by atoms with Gasteiger partial charge >= 0.3 is 0 Å². The fourth-order valence-electron chi connectivity index (χ4n) is 2.83. The summed E-state index contributed by atoms with van der Waals surface area (Å²) in [6, 6.07) is 0.